The number of anilines is 1. The number of hydrogen-bond donors (Lipinski definition) is 0. The van der Waals surface area contributed by atoms with Gasteiger partial charge in [0, 0.05) is 50.2 Å². The van der Waals surface area contributed by atoms with Crippen LogP contribution in [-0.4, -0.2) is 49.6 Å². The molecule has 1 saturated heterocycles. The molecule has 1 aromatic carbocycles. The first-order chi connectivity index (χ1) is 12.0. The Morgan fingerprint density at radius 1 is 1.04 bits per heavy atom. The molecule has 25 heavy (non-hydrogen) atoms. The molecule has 3 rings (SSSR count). The van der Waals surface area contributed by atoms with E-state index in [0.29, 0.717) is 19.5 Å². The van der Waals surface area contributed by atoms with Crippen molar-refractivity contribution in [3.05, 3.63) is 59.4 Å². The van der Waals surface area contributed by atoms with E-state index < -0.39 is 10.0 Å². The van der Waals surface area contributed by atoms with E-state index in [1.807, 2.05) is 18.2 Å². The lowest BCUT2D eigenvalue weighted by Crippen LogP contribution is -2.49. The molecule has 1 aliphatic rings. The van der Waals surface area contributed by atoms with Crippen LogP contribution in [0.15, 0.2) is 42.6 Å². The molecule has 1 aromatic heterocycles. The third-order valence-electron chi connectivity index (χ3n) is 4.67. The van der Waals surface area contributed by atoms with E-state index in [4.69, 9.17) is 0 Å². The first kappa shape index (κ1) is 17.9. The van der Waals surface area contributed by atoms with Gasteiger partial charge >= 0.3 is 0 Å². The minimum atomic E-state index is -3.24. The fraction of sp³-hybridized carbons (Fsp3) is 0.421. The van der Waals surface area contributed by atoms with Gasteiger partial charge in [0.1, 0.15) is 0 Å². The highest BCUT2D eigenvalue weighted by Crippen LogP contribution is 2.23. The van der Waals surface area contributed by atoms with Gasteiger partial charge < -0.3 is 4.90 Å². The summed E-state index contributed by atoms with van der Waals surface area (Å²) in [5.74, 6) is 0.119. The molecule has 0 aliphatic carbocycles. The fourth-order valence-electron chi connectivity index (χ4n) is 3.28. The maximum atomic E-state index is 12.6. The third kappa shape index (κ3) is 4.38. The number of sulfonamides is 1. The second-order valence-electron chi connectivity index (χ2n) is 6.56. The third-order valence-corrected chi connectivity index (χ3v) is 6.54. The molecule has 0 spiro atoms. The van der Waals surface area contributed by atoms with Crippen LogP contribution in [0.25, 0.3) is 0 Å². The summed E-state index contributed by atoms with van der Waals surface area (Å²) in [5, 5.41) is 0. The Kier molecular flexibility index (Phi) is 5.39. The van der Waals surface area contributed by atoms with Gasteiger partial charge in [0.15, 0.2) is 0 Å². The average molecular weight is 359 g/mol. The number of hydrogen-bond acceptors (Lipinski definition) is 4. The van der Waals surface area contributed by atoms with Crippen molar-refractivity contribution in [1.29, 1.82) is 0 Å². The van der Waals surface area contributed by atoms with E-state index in [1.165, 1.54) is 16.8 Å². The van der Waals surface area contributed by atoms with Crippen LogP contribution in [0, 0.1) is 13.8 Å². The minimum Gasteiger partial charge on any atom is -0.369 e. The Morgan fingerprint density at radius 3 is 2.44 bits per heavy atom. The molecule has 2 aromatic rings. The monoisotopic (exact) mass is 359 g/mol. The van der Waals surface area contributed by atoms with Gasteiger partial charge in [-0.2, -0.15) is 4.31 Å². The van der Waals surface area contributed by atoms with Crippen LogP contribution in [0.4, 0.5) is 5.69 Å². The summed E-state index contributed by atoms with van der Waals surface area (Å²) in [7, 11) is -3.24. The van der Waals surface area contributed by atoms with Gasteiger partial charge in [0.25, 0.3) is 0 Å². The molecule has 0 unspecified atom stereocenters. The predicted octanol–water partition coefficient (Wildman–Crippen LogP) is 2.39. The predicted molar refractivity (Wildman–Crippen MR) is 101 cm³/mol. The number of rotatable bonds is 5. The molecular weight excluding hydrogens is 334 g/mol. The zero-order valence-electron chi connectivity index (χ0n) is 14.9. The molecule has 6 heteroatoms. The lowest BCUT2D eigenvalue weighted by atomic mass is 10.1. The van der Waals surface area contributed by atoms with E-state index in [9.17, 15) is 8.42 Å². The Morgan fingerprint density at radius 2 is 1.80 bits per heavy atom. The van der Waals surface area contributed by atoms with Crippen LogP contribution in [-0.2, 0) is 16.4 Å². The summed E-state index contributed by atoms with van der Waals surface area (Å²) in [5.41, 5.74) is 4.51. The van der Waals surface area contributed by atoms with E-state index in [2.05, 4.69) is 41.9 Å². The maximum absolute atomic E-state index is 12.6. The summed E-state index contributed by atoms with van der Waals surface area (Å²) in [6.45, 7) is 6.73. The molecular formula is C19H25N3O2S. The first-order valence-electron chi connectivity index (χ1n) is 8.66. The van der Waals surface area contributed by atoms with Crippen LogP contribution < -0.4 is 4.90 Å². The van der Waals surface area contributed by atoms with Crippen molar-refractivity contribution >= 4 is 15.7 Å². The van der Waals surface area contributed by atoms with Gasteiger partial charge in [0.05, 0.1) is 5.75 Å². The number of piperazine rings is 1. The first-order valence-corrected chi connectivity index (χ1v) is 10.3. The van der Waals surface area contributed by atoms with E-state index in [1.54, 1.807) is 10.5 Å². The van der Waals surface area contributed by atoms with Gasteiger partial charge in [-0.25, -0.2) is 8.42 Å². The molecule has 1 aliphatic heterocycles. The Labute approximate surface area is 150 Å². The summed E-state index contributed by atoms with van der Waals surface area (Å²) < 4.78 is 26.8. The zero-order chi connectivity index (χ0) is 17.9. The molecule has 5 nitrogen and oxygen atoms in total. The van der Waals surface area contributed by atoms with Gasteiger partial charge in [-0.15, -0.1) is 0 Å². The number of aromatic nitrogens is 1. The fourth-order valence-corrected chi connectivity index (χ4v) is 4.72. The lowest BCUT2D eigenvalue weighted by Gasteiger charge is -2.36. The second-order valence-corrected chi connectivity index (χ2v) is 8.65. The Balaban J connectivity index is 1.59. The topological polar surface area (TPSA) is 53.5 Å². The lowest BCUT2D eigenvalue weighted by molar-refractivity contribution is 0.384. The van der Waals surface area contributed by atoms with Crippen molar-refractivity contribution in [2.75, 3.05) is 36.8 Å². The summed E-state index contributed by atoms with van der Waals surface area (Å²) >= 11 is 0. The molecule has 0 amide bonds. The SMILES string of the molecule is Cc1ccc(N2CCN(S(=O)(=O)CCc3ccccn3)CC2)c(C)c1. The average Bonchev–Trinajstić information content (AvgIpc) is 2.61. The van der Waals surface area contributed by atoms with Crippen molar-refractivity contribution in [2.45, 2.75) is 20.3 Å². The van der Waals surface area contributed by atoms with E-state index in [0.717, 1.165) is 18.8 Å². The van der Waals surface area contributed by atoms with Crippen molar-refractivity contribution in [3.63, 3.8) is 0 Å². The van der Waals surface area contributed by atoms with Gasteiger partial charge in [-0.1, -0.05) is 23.8 Å². The standard InChI is InChI=1S/C19H25N3O2S/c1-16-6-7-19(17(2)15-16)21-10-12-22(13-11-21)25(23,24)14-8-18-5-3-4-9-20-18/h3-7,9,15H,8,10-14H2,1-2H3. The molecule has 0 radical (unpaired) electrons. The molecule has 0 bridgehead atoms. The smallest absolute Gasteiger partial charge is 0.214 e. The zero-order valence-corrected chi connectivity index (χ0v) is 15.7. The van der Waals surface area contributed by atoms with Crippen LogP contribution in [0.3, 0.4) is 0 Å². The van der Waals surface area contributed by atoms with Crippen molar-refractivity contribution in [2.24, 2.45) is 0 Å². The van der Waals surface area contributed by atoms with Gasteiger partial charge in [0.2, 0.25) is 10.0 Å². The highest BCUT2D eigenvalue weighted by Gasteiger charge is 2.27. The van der Waals surface area contributed by atoms with Crippen LogP contribution in [0.2, 0.25) is 0 Å². The largest absolute Gasteiger partial charge is 0.369 e. The van der Waals surface area contributed by atoms with Crippen molar-refractivity contribution < 1.29 is 8.42 Å². The van der Waals surface area contributed by atoms with E-state index >= 15 is 0 Å². The minimum absolute atomic E-state index is 0.119. The van der Waals surface area contributed by atoms with Crippen molar-refractivity contribution in [1.82, 2.24) is 9.29 Å². The highest BCUT2D eigenvalue weighted by atomic mass is 32.2. The van der Waals surface area contributed by atoms with Gasteiger partial charge in [-0.3, -0.25) is 4.98 Å². The normalized spacial score (nSPS) is 16.2. The Bertz CT molecular complexity index is 814. The molecule has 1 fully saturated rings. The number of aryl methyl sites for hydroxylation is 3. The molecule has 0 atom stereocenters. The summed E-state index contributed by atoms with van der Waals surface area (Å²) in [4.78, 5) is 6.48. The van der Waals surface area contributed by atoms with Crippen LogP contribution in [0.1, 0.15) is 16.8 Å². The molecule has 2 heterocycles. The summed E-state index contributed by atoms with van der Waals surface area (Å²) in [6.07, 6.45) is 2.16. The number of nitrogens with zero attached hydrogens (tertiary/aromatic N) is 3. The van der Waals surface area contributed by atoms with E-state index in [-0.39, 0.29) is 5.75 Å². The van der Waals surface area contributed by atoms with Gasteiger partial charge in [-0.05, 0) is 37.6 Å². The molecule has 0 saturated carbocycles. The van der Waals surface area contributed by atoms with Crippen molar-refractivity contribution in [3.8, 4) is 0 Å². The molecule has 0 N–H and O–H groups in total. The van der Waals surface area contributed by atoms with Crippen LogP contribution >= 0.6 is 0 Å². The second kappa shape index (κ2) is 7.54. The molecule has 134 valence electrons. The van der Waals surface area contributed by atoms with Crippen LogP contribution in [0.5, 0.6) is 0 Å². The number of pyridine rings is 1. The highest BCUT2D eigenvalue weighted by molar-refractivity contribution is 7.89. The summed E-state index contributed by atoms with van der Waals surface area (Å²) in [6, 6.07) is 12.0. The Hall–Kier alpha value is -1.92. The quantitative estimate of drug-likeness (QED) is 0.823. The maximum Gasteiger partial charge on any atom is 0.214 e. The number of benzene rings is 1.